The smallest absolute Gasteiger partial charge is 0.231 e. The number of aliphatic carboxylic acids is 1. The minimum Gasteiger partial charge on any atom is -0.546 e. The van der Waals surface area contributed by atoms with Crippen LogP contribution in [0.5, 0.6) is 11.5 Å². The number of carbonyl (C=O) groups excluding carboxylic acids is 2. The van der Waals surface area contributed by atoms with Crippen LogP contribution in [-0.4, -0.2) is 17.9 Å². The predicted molar refractivity (Wildman–Crippen MR) is 80.9 cm³/mol. The van der Waals surface area contributed by atoms with Crippen molar-refractivity contribution in [1.82, 2.24) is 0 Å². The molecule has 0 saturated carbocycles. The van der Waals surface area contributed by atoms with Gasteiger partial charge in [-0.05, 0) is 31.2 Å². The van der Waals surface area contributed by atoms with Gasteiger partial charge in [-0.3, -0.25) is 4.79 Å². The monoisotopic (exact) mass is 327 g/mol. The number of carboxylic acids is 1. The van der Waals surface area contributed by atoms with Crippen LogP contribution in [0, 0.1) is 5.82 Å². The van der Waals surface area contributed by atoms with Crippen molar-refractivity contribution in [3.8, 4) is 11.5 Å². The summed E-state index contributed by atoms with van der Waals surface area (Å²) in [6, 6.07) is 10.3. The molecule has 0 bridgehead atoms. The average molecular weight is 327 g/mol. The van der Waals surface area contributed by atoms with Crippen LogP contribution in [0.3, 0.4) is 0 Å². The molecule has 1 aliphatic rings. The van der Waals surface area contributed by atoms with Crippen molar-refractivity contribution in [3.63, 3.8) is 0 Å². The molecule has 0 amide bonds. The van der Waals surface area contributed by atoms with E-state index >= 15 is 0 Å². The summed E-state index contributed by atoms with van der Waals surface area (Å²) < 4.78 is 24.3. The standard InChI is InChI=1S/C18H13FO5/c1-10(18(21)22)23-12-6-7-13-15(9-12)24-16(17(13)20)8-11-4-2-3-5-14(11)19/h2-10H,1H3,(H,21,22)/p-1/b16-8-/t10-/m0/s1. The summed E-state index contributed by atoms with van der Waals surface area (Å²) in [6.45, 7) is 1.33. The SMILES string of the molecule is C[C@H](Oc1ccc2c(c1)O/C(=C\c1ccccc1F)C2=O)C(=O)[O-]. The summed E-state index contributed by atoms with van der Waals surface area (Å²) >= 11 is 0. The second-order valence-corrected chi connectivity index (χ2v) is 5.20. The van der Waals surface area contributed by atoms with E-state index in [-0.39, 0.29) is 28.6 Å². The number of carboxylic acid groups (broad SMARTS) is 1. The van der Waals surface area contributed by atoms with Crippen LogP contribution in [0.4, 0.5) is 4.39 Å². The van der Waals surface area contributed by atoms with Crippen molar-refractivity contribution >= 4 is 17.8 Å². The predicted octanol–water partition coefficient (Wildman–Crippen LogP) is 1.96. The van der Waals surface area contributed by atoms with Gasteiger partial charge in [-0.15, -0.1) is 0 Å². The average Bonchev–Trinajstić information content (AvgIpc) is 2.85. The zero-order chi connectivity index (χ0) is 17.3. The fourth-order valence-corrected chi connectivity index (χ4v) is 2.23. The number of ether oxygens (including phenoxy) is 2. The lowest BCUT2D eigenvalue weighted by Gasteiger charge is -2.15. The summed E-state index contributed by atoms with van der Waals surface area (Å²) in [5.74, 6) is -1.76. The molecule has 2 aromatic rings. The number of benzene rings is 2. The molecule has 1 atom stereocenters. The van der Waals surface area contributed by atoms with Crippen molar-refractivity contribution < 1.29 is 28.6 Å². The molecule has 5 nitrogen and oxygen atoms in total. The molecule has 0 aromatic heterocycles. The van der Waals surface area contributed by atoms with Gasteiger partial charge in [0.2, 0.25) is 5.78 Å². The Morgan fingerprint density at radius 2 is 2.04 bits per heavy atom. The lowest BCUT2D eigenvalue weighted by atomic mass is 10.1. The lowest BCUT2D eigenvalue weighted by molar-refractivity contribution is -0.312. The highest BCUT2D eigenvalue weighted by atomic mass is 19.1. The van der Waals surface area contributed by atoms with E-state index in [1.165, 1.54) is 43.3 Å². The maximum Gasteiger partial charge on any atom is 0.231 e. The Kier molecular flexibility index (Phi) is 4.04. The highest BCUT2D eigenvalue weighted by molar-refractivity contribution is 6.14. The van der Waals surface area contributed by atoms with E-state index in [1.54, 1.807) is 12.1 Å². The number of Topliss-reactive ketones (excluding diaryl/α,β-unsaturated/α-hetero) is 1. The molecule has 0 aliphatic carbocycles. The first-order valence-corrected chi connectivity index (χ1v) is 7.16. The van der Waals surface area contributed by atoms with Gasteiger partial charge in [0, 0.05) is 11.6 Å². The quantitative estimate of drug-likeness (QED) is 0.803. The number of fused-ring (bicyclic) bond motifs is 1. The van der Waals surface area contributed by atoms with Gasteiger partial charge in [0.25, 0.3) is 0 Å². The van der Waals surface area contributed by atoms with E-state index in [0.29, 0.717) is 5.56 Å². The van der Waals surface area contributed by atoms with Gasteiger partial charge in [0.1, 0.15) is 23.4 Å². The summed E-state index contributed by atoms with van der Waals surface area (Å²) in [6.07, 6.45) is 0.177. The molecule has 24 heavy (non-hydrogen) atoms. The molecule has 0 spiro atoms. The molecule has 1 heterocycles. The van der Waals surface area contributed by atoms with Crippen molar-refractivity contribution in [2.75, 3.05) is 0 Å². The fraction of sp³-hybridized carbons (Fsp3) is 0.111. The third kappa shape index (κ3) is 2.99. The summed E-state index contributed by atoms with van der Waals surface area (Å²) in [4.78, 5) is 23.0. The molecule has 0 unspecified atom stereocenters. The van der Waals surface area contributed by atoms with E-state index in [4.69, 9.17) is 9.47 Å². The third-order valence-corrected chi connectivity index (χ3v) is 3.48. The topological polar surface area (TPSA) is 75.7 Å². The zero-order valence-electron chi connectivity index (χ0n) is 12.6. The second-order valence-electron chi connectivity index (χ2n) is 5.20. The van der Waals surface area contributed by atoms with E-state index < -0.39 is 17.9 Å². The second kappa shape index (κ2) is 6.16. The number of hydrogen-bond donors (Lipinski definition) is 0. The summed E-state index contributed by atoms with van der Waals surface area (Å²) in [5.41, 5.74) is 0.529. The van der Waals surface area contributed by atoms with Crippen LogP contribution in [0.2, 0.25) is 0 Å². The number of carbonyl (C=O) groups is 2. The van der Waals surface area contributed by atoms with Gasteiger partial charge >= 0.3 is 0 Å². The van der Waals surface area contributed by atoms with Crippen LogP contribution in [0.1, 0.15) is 22.8 Å². The molecule has 6 heteroatoms. The van der Waals surface area contributed by atoms with Crippen LogP contribution < -0.4 is 14.6 Å². The van der Waals surface area contributed by atoms with Gasteiger partial charge in [-0.25, -0.2) is 4.39 Å². The number of allylic oxidation sites excluding steroid dienone is 1. The summed E-state index contributed by atoms with van der Waals surface area (Å²) in [5, 5.41) is 10.7. The van der Waals surface area contributed by atoms with Gasteiger partial charge in [0.15, 0.2) is 5.76 Å². The summed E-state index contributed by atoms with van der Waals surface area (Å²) in [7, 11) is 0. The first kappa shape index (κ1) is 15.7. The number of ketones is 1. The first-order chi connectivity index (χ1) is 11.5. The van der Waals surface area contributed by atoms with Crippen LogP contribution in [0.15, 0.2) is 48.2 Å². The Morgan fingerprint density at radius 3 is 2.75 bits per heavy atom. The molecule has 122 valence electrons. The molecular weight excluding hydrogens is 315 g/mol. The maximum atomic E-state index is 13.7. The largest absolute Gasteiger partial charge is 0.546 e. The van der Waals surface area contributed by atoms with E-state index in [2.05, 4.69) is 0 Å². The molecule has 0 saturated heterocycles. The molecule has 1 aliphatic heterocycles. The van der Waals surface area contributed by atoms with E-state index in [1.807, 2.05) is 0 Å². The first-order valence-electron chi connectivity index (χ1n) is 7.16. The van der Waals surface area contributed by atoms with Gasteiger partial charge in [0.05, 0.1) is 11.5 Å². The Balaban J connectivity index is 1.88. The number of rotatable bonds is 4. The van der Waals surface area contributed by atoms with Gasteiger partial charge in [-0.2, -0.15) is 0 Å². The molecular formula is C18H12FO5-. The Labute approximate surface area is 136 Å². The minimum absolute atomic E-state index is 0.0137. The van der Waals surface area contributed by atoms with Crippen molar-refractivity contribution in [2.45, 2.75) is 13.0 Å². The fourth-order valence-electron chi connectivity index (χ4n) is 2.23. The van der Waals surface area contributed by atoms with E-state index in [0.717, 1.165) is 0 Å². The molecule has 0 N–H and O–H groups in total. The third-order valence-electron chi connectivity index (χ3n) is 3.48. The number of hydrogen-bond acceptors (Lipinski definition) is 5. The van der Waals surface area contributed by atoms with Crippen molar-refractivity contribution in [3.05, 3.63) is 65.2 Å². The molecule has 0 radical (unpaired) electrons. The zero-order valence-corrected chi connectivity index (χ0v) is 12.6. The molecule has 3 rings (SSSR count). The van der Waals surface area contributed by atoms with Crippen LogP contribution >= 0.6 is 0 Å². The molecule has 2 aromatic carbocycles. The van der Waals surface area contributed by atoms with Crippen molar-refractivity contribution in [1.29, 1.82) is 0 Å². The Morgan fingerprint density at radius 1 is 1.29 bits per heavy atom. The number of halogens is 1. The van der Waals surface area contributed by atoms with Crippen molar-refractivity contribution in [2.24, 2.45) is 0 Å². The maximum absolute atomic E-state index is 13.7. The lowest BCUT2D eigenvalue weighted by Crippen LogP contribution is -2.37. The minimum atomic E-state index is -1.35. The highest BCUT2D eigenvalue weighted by Gasteiger charge is 2.28. The van der Waals surface area contributed by atoms with Crippen LogP contribution in [-0.2, 0) is 4.79 Å². The normalized spacial score (nSPS) is 15.8. The Bertz CT molecular complexity index is 856. The van der Waals surface area contributed by atoms with E-state index in [9.17, 15) is 19.1 Å². The highest BCUT2D eigenvalue weighted by Crippen LogP contribution is 2.35. The Hall–Kier alpha value is -3.15. The molecule has 0 fully saturated rings. The van der Waals surface area contributed by atoms with Gasteiger partial charge < -0.3 is 19.4 Å². The van der Waals surface area contributed by atoms with Gasteiger partial charge in [-0.1, -0.05) is 18.2 Å². The van der Waals surface area contributed by atoms with Crippen LogP contribution in [0.25, 0.3) is 6.08 Å².